The zero-order chi connectivity index (χ0) is 26.6. The number of oxime groups is 1. The first kappa shape index (κ1) is 26.5. The fourth-order valence-corrected chi connectivity index (χ4v) is 3.33. The second-order valence-electron chi connectivity index (χ2n) is 9.06. The monoisotopic (exact) mass is 506 g/mol. The molecule has 1 saturated heterocycles. The van der Waals surface area contributed by atoms with Gasteiger partial charge in [-0.15, -0.1) is 0 Å². The van der Waals surface area contributed by atoms with Crippen LogP contribution in [-0.2, 0) is 14.4 Å². The van der Waals surface area contributed by atoms with Crippen molar-refractivity contribution in [1.29, 1.82) is 0 Å². The van der Waals surface area contributed by atoms with E-state index in [1.54, 1.807) is 20.8 Å². The zero-order valence-corrected chi connectivity index (χ0v) is 20.0. The zero-order valence-electron chi connectivity index (χ0n) is 20.0. The van der Waals surface area contributed by atoms with Crippen molar-refractivity contribution in [2.45, 2.75) is 39.3 Å². The molecular weight excluding hydrogens is 481 g/mol. The Morgan fingerprint density at radius 3 is 2.42 bits per heavy atom. The van der Waals surface area contributed by atoms with Crippen molar-refractivity contribution in [3.8, 4) is 11.1 Å². The number of ether oxygens (including phenoxy) is 1. The Morgan fingerprint density at radius 2 is 1.83 bits per heavy atom. The Bertz CT molecular complexity index is 1190. The summed E-state index contributed by atoms with van der Waals surface area (Å²) in [5.74, 6) is -3.21. The second-order valence-corrected chi connectivity index (χ2v) is 9.06. The minimum Gasteiger partial charge on any atom is -0.442 e. The molecule has 2 N–H and O–H groups in total. The number of hydrogen-bond acceptors (Lipinski definition) is 6. The Hall–Kier alpha value is -4.09. The minimum absolute atomic E-state index is 0.0180. The van der Waals surface area contributed by atoms with E-state index < -0.39 is 46.8 Å². The van der Waals surface area contributed by atoms with Gasteiger partial charge in [-0.05, 0) is 50.6 Å². The lowest BCUT2D eigenvalue weighted by Gasteiger charge is -2.18. The Morgan fingerprint density at radius 1 is 1.17 bits per heavy atom. The summed E-state index contributed by atoms with van der Waals surface area (Å²) in [5, 5.41) is 8.43. The van der Waals surface area contributed by atoms with E-state index in [9.17, 15) is 27.6 Å². The lowest BCUT2D eigenvalue weighted by molar-refractivity contribution is -0.119. The highest BCUT2D eigenvalue weighted by Gasteiger charge is 2.33. The number of benzene rings is 2. The number of carbonyl (C=O) groups excluding carboxylic acids is 3. The van der Waals surface area contributed by atoms with E-state index in [-0.39, 0.29) is 35.8 Å². The number of nitrogens with one attached hydrogen (secondary N) is 2. The summed E-state index contributed by atoms with van der Waals surface area (Å²) in [4.78, 5) is 40.4. The van der Waals surface area contributed by atoms with Crippen LogP contribution in [0.2, 0.25) is 0 Å². The summed E-state index contributed by atoms with van der Waals surface area (Å²) < 4.78 is 49.5. The third-order valence-corrected chi connectivity index (χ3v) is 4.88. The molecule has 36 heavy (non-hydrogen) atoms. The van der Waals surface area contributed by atoms with Crippen molar-refractivity contribution in [2.24, 2.45) is 5.16 Å². The molecule has 0 bridgehead atoms. The number of carbonyl (C=O) groups is 3. The summed E-state index contributed by atoms with van der Waals surface area (Å²) in [6.45, 7) is 6.56. The van der Waals surface area contributed by atoms with Crippen molar-refractivity contribution >= 4 is 30.0 Å². The smallest absolute Gasteiger partial charge is 0.433 e. The quantitative estimate of drug-likeness (QED) is 0.349. The summed E-state index contributed by atoms with van der Waals surface area (Å²) in [6, 6.07) is 5.28. The number of halogens is 3. The normalized spacial score (nSPS) is 15.7. The first-order valence-corrected chi connectivity index (χ1v) is 10.9. The van der Waals surface area contributed by atoms with Gasteiger partial charge in [-0.25, -0.2) is 22.8 Å². The van der Waals surface area contributed by atoms with Crippen LogP contribution in [0, 0.1) is 17.5 Å². The lowest BCUT2D eigenvalue weighted by Crippen LogP contribution is -2.40. The molecule has 1 aliphatic rings. The van der Waals surface area contributed by atoms with Gasteiger partial charge < -0.3 is 15.4 Å². The highest BCUT2D eigenvalue weighted by molar-refractivity contribution is 5.90. The van der Waals surface area contributed by atoms with E-state index >= 15 is 0 Å². The molecule has 0 unspecified atom stereocenters. The maximum absolute atomic E-state index is 14.9. The van der Waals surface area contributed by atoms with Crippen molar-refractivity contribution < 1.29 is 37.1 Å². The molecule has 0 aliphatic carbocycles. The maximum Gasteiger partial charge on any atom is 0.433 e. The van der Waals surface area contributed by atoms with Gasteiger partial charge in [0.05, 0.1) is 30.6 Å². The van der Waals surface area contributed by atoms with E-state index in [4.69, 9.17) is 4.74 Å². The van der Waals surface area contributed by atoms with Gasteiger partial charge in [0, 0.05) is 18.0 Å². The molecule has 0 saturated carbocycles. The standard InChI is InChI=1S/C24H25F3N4O5/c1-13(32)28-11-17-12-31(23(34)35-17)16-8-19(26)21(20(27)9-16)14-5-6-15(18(25)7-14)10-29-36-22(33)30-24(2,3)4/h5-10,17H,11-12H2,1-4H3,(H,28,32)(H,30,33)/b29-10+/t17-/m0/s1. The molecule has 1 aliphatic heterocycles. The molecule has 2 aromatic rings. The highest BCUT2D eigenvalue weighted by atomic mass is 19.1. The number of amides is 3. The van der Waals surface area contributed by atoms with Crippen LogP contribution in [0.15, 0.2) is 35.5 Å². The number of nitrogens with zero attached hydrogens (tertiary/aromatic N) is 2. The molecule has 1 fully saturated rings. The highest BCUT2D eigenvalue weighted by Crippen LogP contribution is 2.32. The number of rotatable bonds is 6. The fraction of sp³-hybridized carbons (Fsp3) is 0.333. The van der Waals surface area contributed by atoms with Crippen LogP contribution in [0.3, 0.4) is 0 Å². The molecule has 12 heteroatoms. The van der Waals surface area contributed by atoms with Crippen molar-refractivity contribution in [2.75, 3.05) is 18.0 Å². The van der Waals surface area contributed by atoms with Crippen LogP contribution in [0.5, 0.6) is 0 Å². The summed E-state index contributed by atoms with van der Waals surface area (Å²) in [6.07, 6.45) is -1.37. The number of cyclic esters (lactones) is 1. The largest absolute Gasteiger partial charge is 0.442 e. The molecule has 0 radical (unpaired) electrons. The van der Waals surface area contributed by atoms with Gasteiger partial charge in [-0.3, -0.25) is 14.5 Å². The topological polar surface area (TPSA) is 109 Å². The third kappa shape index (κ3) is 6.74. The van der Waals surface area contributed by atoms with Crippen molar-refractivity contribution in [1.82, 2.24) is 10.6 Å². The van der Waals surface area contributed by atoms with Gasteiger partial charge in [-0.2, -0.15) is 0 Å². The number of hydrogen-bond donors (Lipinski definition) is 2. The SMILES string of the molecule is CC(=O)NC[C@H]1CN(c2cc(F)c(-c3ccc(/C=N/OC(=O)NC(C)(C)C)c(F)c3)c(F)c2)C(=O)O1. The average Bonchev–Trinajstić information content (AvgIpc) is 3.12. The van der Waals surface area contributed by atoms with Gasteiger partial charge in [0.15, 0.2) is 0 Å². The Balaban J connectivity index is 1.75. The van der Waals surface area contributed by atoms with Crippen LogP contribution in [0.4, 0.5) is 28.4 Å². The second kappa shape index (κ2) is 10.7. The van der Waals surface area contributed by atoms with Gasteiger partial charge in [-0.1, -0.05) is 11.2 Å². The van der Waals surface area contributed by atoms with E-state index in [1.165, 1.54) is 19.1 Å². The number of anilines is 1. The van der Waals surface area contributed by atoms with E-state index in [0.717, 1.165) is 29.3 Å². The molecule has 1 atom stereocenters. The van der Waals surface area contributed by atoms with Gasteiger partial charge in [0.1, 0.15) is 23.6 Å². The Kier molecular flexibility index (Phi) is 7.86. The minimum atomic E-state index is -1.02. The van der Waals surface area contributed by atoms with Crippen LogP contribution in [0.25, 0.3) is 11.1 Å². The molecular formula is C24H25F3N4O5. The first-order valence-electron chi connectivity index (χ1n) is 10.9. The maximum atomic E-state index is 14.9. The molecule has 0 spiro atoms. The molecule has 192 valence electrons. The van der Waals surface area contributed by atoms with Crippen LogP contribution in [-0.4, -0.2) is 49.0 Å². The fourth-order valence-electron chi connectivity index (χ4n) is 3.33. The molecule has 9 nitrogen and oxygen atoms in total. The summed E-state index contributed by atoms with van der Waals surface area (Å²) >= 11 is 0. The molecule has 2 aromatic carbocycles. The van der Waals surface area contributed by atoms with E-state index in [0.29, 0.717) is 0 Å². The van der Waals surface area contributed by atoms with Gasteiger partial charge in [0.25, 0.3) is 0 Å². The molecule has 1 heterocycles. The van der Waals surface area contributed by atoms with Gasteiger partial charge >= 0.3 is 12.2 Å². The van der Waals surface area contributed by atoms with Crippen molar-refractivity contribution in [3.63, 3.8) is 0 Å². The first-order chi connectivity index (χ1) is 16.8. The van der Waals surface area contributed by atoms with E-state index in [1.807, 2.05) is 0 Å². The van der Waals surface area contributed by atoms with Crippen LogP contribution >= 0.6 is 0 Å². The molecule has 3 rings (SSSR count). The third-order valence-electron chi connectivity index (χ3n) is 4.88. The predicted octanol–water partition coefficient (Wildman–Crippen LogP) is 4.09. The average molecular weight is 506 g/mol. The summed E-state index contributed by atoms with van der Waals surface area (Å²) in [7, 11) is 0. The lowest BCUT2D eigenvalue weighted by atomic mass is 10.0. The molecule has 3 amide bonds. The van der Waals surface area contributed by atoms with E-state index in [2.05, 4.69) is 20.6 Å². The predicted molar refractivity (Wildman–Crippen MR) is 125 cm³/mol. The van der Waals surface area contributed by atoms with Gasteiger partial charge in [0.2, 0.25) is 5.91 Å². The summed E-state index contributed by atoms with van der Waals surface area (Å²) in [5.41, 5.74) is -1.30. The van der Waals surface area contributed by atoms with Crippen molar-refractivity contribution in [3.05, 3.63) is 53.3 Å². The Labute approximate surface area is 205 Å². The van der Waals surface area contributed by atoms with Crippen LogP contribution < -0.4 is 15.5 Å². The molecule has 0 aromatic heterocycles. The van der Waals surface area contributed by atoms with Crippen LogP contribution in [0.1, 0.15) is 33.3 Å².